The van der Waals surface area contributed by atoms with Crippen molar-refractivity contribution in [1.29, 1.82) is 0 Å². The van der Waals surface area contributed by atoms with E-state index in [-0.39, 0.29) is 11.3 Å². The molecule has 0 aromatic heterocycles. The fraction of sp³-hybridized carbons (Fsp3) is 0.286. The summed E-state index contributed by atoms with van der Waals surface area (Å²) in [6.45, 7) is 0. The second-order valence-electron chi connectivity index (χ2n) is 6.33. The van der Waals surface area contributed by atoms with Crippen LogP contribution in [0, 0.1) is 11.6 Å². The predicted molar refractivity (Wildman–Crippen MR) is 92.0 cm³/mol. The molecule has 0 aliphatic heterocycles. The molecular weight excluding hydrogens is 306 g/mol. The number of ketones is 1. The highest BCUT2D eigenvalue weighted by atomic mass is 19.2. The summed E-state index contributed by atoms with van der Waals surface area (Å²) in [5, 5.41) is 0. The van der Waals surface area contributed by atoms with E-state index in [0.717, 1.165) is 17.7 Å². The average molecular weight is 326 g/mol. The van der Waals surface area contributed by atoms with Crippen LogP contribution < -0.4 is 0 Å². The molecule has 1 saturated carbocycles. The third-order valence-corrected chi connectivity index (χ3v) is 4.64. The molecule has 3 rings (SSSR count). The molecular formula is C21H20F2O. The van der Waals surface area contributed by atoms with Gasteiger partial charge in [-0.2, -0.15) is 0 Å². The standard InChI is InChI=1S/C21H20F2O/c22-19-12-11-18(14-20(19)23)21(24)13-8-15-6-9-17(10-7-15)16-4-2-1-3-5-16/h6-14,16H,1-5H2. The minimum Gasteiger partial charge on any atom is -0.289 e. The molecule has 0 saturated heterocycles. The SMILES string of the molecule is O=C(C=Cc1ccc(C2CCCCC2)cc1)c1ccc(F)c(F)c1. The van der Waals surface area contributed by atoms with Crippen LogP contribution in [0.4, 0.5) is 8.78 Å². The minimum atomic E-state index is -1.01. The van der Waals surface area contributed by atoms with Crippen molar-refractivity contribution in [3.05, 3.63) is 76.9 Å². The predicted octanol–water partition coefficient (Wildman–Crippen LogP) is 5.91. The van der Waals surface area contributed by atoms with Gasteiger partial charge in [-0.3, -0.25) is 4.79 Å². The Kier molecular flexibility index (Phi) is 5.19. The van der Waals surface area contributed by atoms with E-state index < -0.39 is 11.6 Å². The number of halogens is 2. The van der Waals surface area contributed by atoms with Crippen LogP contribution in [-0.2, 0) is 0 Å². The van der Waals surface area contributed by atoms with Crippen LogP contribution >= 0.6 is 0 Å². The second-order valence-corrected chi connectivity index (χ2v) is 6.33. The van der Waals surface area contributed by atoms with Crippen molar-refractivity contribution in [2.45, 2.75) is 38.0 Å². The topological polar surface area (TPSA) is 17.1 Å². The largest absolute Gasteiger partial charge is 0.289 e. The molecule has 1 nitrogen and oxygen atoms in total. The Morgan fingerprint density at radius 3 is 2.29 bits per heavy atom. The smallest absolute Gasteiger partial charge is 0.185 e. The van der Waals surface area contributed by atoms with Crippen molar-refractivity contribution in [3.63, 3.8) is 0 Å². The first-order valence-corrected chi connectivity index (χ1v) is 8.41. The summed E-state index contributed by atoms with van der Waals surface area (Å²) < 4.78 is 26.1. The Bertz CT molecular complexity index is 741. The quantitative estimate of drug-likeness (QED) is 0.504. The first-order valence-electron chi connectivity index (χ1n) is 8.41. The summed E-state index contributed by atoms with van der Waals surface area (Å²) in [5.74, 6) is -1.65. The lowest BCUT2D eigenvalue weighted by Crippen LogP contribution is -2.04. The van der Waals surface area contributed by atoms with E-state index in [1.165, 1.54) is 49.8 Å². The monoisotopic (exact) mass is 326 g/mol. The lowest BCUT2D eigenvalue weighted by atomic mass is 9.84. The van der Waals surface area contributed by atoms with Gasteiger partial charge in [-0.15, -0.1) is 0 Å². The molecule has 1 aliphatic carbocycles. The lowest BCUT2D eigenvalue weighted by molar-refractivity contribution is 0.104. The Labute approximate surface area is 141 Å². The fourth-order valence-electron chi connectivity index (χ4n) is 3.23. The molecule has 0 heterocycles. The summed E-state index contributed by atoms with van der Waals surface area (Å²) in [6.07, 6.45) is 9.54. The number of rotatable bonds is 4. The van der Waals surface area contributed by atoms with Gasteiger partial charge in [0.25, 0.3) is 0 Å². The Morgan fingerprint density at radius 2 is 1.62 bits per heavy atom. The zero-order chi connectivity index (χ0) is 16.9. The van der Waals surface area contributed by atoms with Gasteiger partial charge in [-0.1, -0.05) is 49.6 Å². The van der Waals surface area contributed by atoms with Crippen molar-refractivity contribution in [3.8, 4) is 0 Å². The third kappa shape index (κ3) is 3.97. The van der Waals surface area contributed by atoms with Crippen LogP contribution in [0.15, 0.2) is 48.5 Å². The third-order valence-electron chi connectivity index (χ3n) is 4.64. The normalized spacial score (nSPS) is 15.8. The number of hydrogen-bond acceptors (Lipinski definition) is 1. The van der Waals surface area contributed by atoms with Crippen LogP contribution in [0.5, 0.6) is 0 Å². The molecule has 0 amide bonds. The van der Waals surface area contributed by atoms with Gasteiger partial charge in [0.2, 0.25) is 0 Å². The molecule has 2 aromatic carbocycles. The summed E-state index contributed by atoms with van der Waals surface area (Å²) in [5.41, 5.74) is 2.42. The maximum atomic E-state index is 13.2. The average Bonchev–Trinajstić information content (AvgIpc) is 2.63. The maximum Gasteiger partial charge on any atom is 0.185 e. The molecule has 1 aliphatic rings. The van der Waals surface area contributed by atoms with Gasteiger partial charge >= 0.3 is 0 Å². The summed E-state index contributed by atoms with van der Waals surface area (Å²) >= 11 is 0. The number of benzene rings is 2. The van der Waals surface area contributed by atoms with E-state index in [2.05, 4.69) is 12.1 Å². The van der Waals surface area contributed by atoms with Gasteiger partial charge in [0.15, 0.2) is 17.4 Å². The Morgan fingerprint density at radius 1 is 0.917 bits per heavy atom. The molecule has 0 spiro atoms. The highest BCUT2D eigenvalue weighted by Gasteiger charge is 2.14. The van der Waals surface area contributed by atoms with Crippen molar-refractivity contribution in [1.82, 2.24) is 0 Å². The summed E-state index contributed by atoms with van der Waals surface area (Å²) in [7, 11) is 0. The van der Waals surface area contributed by atoms with E-state index in [9.17, 15) is 13.6 Å². The molecule has 0 bridgehead atoms. The Hall–Kier alpha value is -2.29. The molecule has 0 radical (unpaired) electrons. The van der Waals surface area contributed by atoms with E-state index in [0.29, 0.717) is 5.92 Å². The lowest BCUT2D eigenvalue weighted by Gasteiger charge is -2.21. The highest BCUT2D eigenvalue weighted by Crippen LogP contribution is 2.32. The van der Waals surface area contributed by atoms with Crippen LogP contribution in [0.2, 0.25) is 0 Å². The zero-order valence-corrected chi connectivity index (χ0v) is 13.5. The van der Waals surface area contributed by atoms with Crippen molar-refractivity contribution in [2.75, 3.05) is 0 Å². The van der Waals surface area contributed by atoms with Crippen LogP contribution in [-0.4, -0.2) is 5.78 Å². The van der Waals surface area contributed by atoms with E-state index >= 15 is 0 Å². The van der Waals surface area contributed by atoms with Gasteiger partial charge < -0.3 is 0 Å². The van der Waals surface area contributed by atoms with E-state index in [4.69, 9.17) is 0 Å². The van der Waals surface area contributed by atoms with Crippen LogP contribution in [0.1, 0.15) is 59.5 Å². The number of hydrogen-bond donors (Lipinski definition) is 0. The molecule has 0 atom stereocenters. The highest BCUT2D eigenvalue weighted by molar-refractivity contribution is 6.06. The molecule has 124 valence electrons. The first kappa shape index (κ1) is 16.6. The number of carbonyl (C=O) groups is 1. The zero-order valence-electron chi connectivity index (χ0n) is 13.5. The van der Waals surface area contributed by atoms with Gasteiger partial charge in [0, 0.05) is 5.56 Å². The fourth-order valence-corrected chi connectivity index (χ4v) is 3.23. The second kappa shape index (κ2) is 7.52. The van der Waals surface area contributed by atoms with Crippen molar-refractivity contribution >= 4 is 11.9 Å². The molecule has 3 heteroatoms. The van der Waals surface area contributed by atoms with Crippen LogP contribution in [0.25, 0.3) is 6.08 Å². The first-order chi connectivity index (χ1) is 11.6. The minimum absolute atomic E-state index is 0.143. The van der Waals surface area contributed by atoms with Gasteiger partial charge in [0.1, 0.15) is 0 Å². The Balaban J connectivity index is 1.67. The van der Waals surface area contributed by atoms with Gasteiger partial charge in [-0.05, 0) is 54.2 Å². The summed E-state index contributed by atoms with van der Waals surface area (Å²) in [6, 6.07) is 11.4. The van der Waals surface area contributed by atoms with E-state index in [1.54, 1.807) is 6.08 Å². The van der Waals surface area contributed by atoms with Crippen molar-refractivity contribution < 1.29 is 13.6 Å². The molecule has 24 heavy (non-hydrogen) atoms. The van der Waals surface area contributed by atoms with Crippen molar-refractivity contribution in [2.24, 2.45) is 0 Å². The summed E-state index contributed by atoms with van der Waals surface area (Å²) in [4.78, 5) is 12.0. The molecule has 1 fully saturated rings. The number of allylic oxidation sites excluding steroid dienone is 1. The number of carbonyl (C=O) groups excluding carboxylic acids is 1. The van der Waals surface area contributed by atoms with Gasteiger partial charge in [0.05, 0.1) is 0 Å². The van der Waals surface area contributed by atoms with Gasteiger partial charge in [-0.25, -0.2) is 8.78 Å². The molecule has 2 aromatic rings. The van der Waals surface area contributed by atoms with E-state index in [1.807, 2.05) is 12.1 Å². The molecule has 0 unspecified atom stereocenters. The molecule has 0 N–H and O–H groups in total. The maximum absolute atomic E-state index is 13.2. The van der Waals surface area contributed by atoms with Crippen LogP contribution in [0.3, 0.4) is 0 Å².